The van der Waals surface area contributed by atoms with Crippen LogP contribution in [0.15, 0.2) is 103 Å². The van der Waals surface area contributed by atoms with Crippen LogP contribution in [0.25, 0.3) is 32.8 Å². The predicted octanol–water partition coefficient (Wildman–Crippen LogP) is 6.29. The summed E-state index contributed by atoms with van der Waals surface area (Å²) in [6.45, 7) is 0. The predicted molar refractivity (Wildman–Crippen MR) is 115 cm³/mol. The van der Waals surface area contributed by atoms with E-state index < -0.39 is 0 Å². The van der Waals surface area contributed by atoms with Crippen molar-refractivity contribution in [3.63, 3.8) is 0 Å². The molecule has 0 bridgehead atoms. The molecule has 5 rings (SSSR count). The molecule has 0 saturated carbocycles. The molecular weight excluding hydrogens is 342 g/mol. The molecule has 4 aromatic carbocycles. The van der Waals surface area contributed by atoms with Crippen molar-refractivity contribution >= 4 is 27.3 Å². The Labute approximate surface area is 163 Å². The Hall–Kier alpha value is -3.78. The van der Waals surface area contributed by atoms with E-state index in [4.69, 9.17) is 0 Å². The summed E-state index contributed by atoms with van der Waals surface area (Å²) in [5.74, 6) is -0.0108. The third kappa shape index (κ3) is 2.95. The SMILES string of the molecule is O=C(c1ccc(-c2ccc3ccccc3c2)nc1)c1ccc2ccccc2c1. The molecule has 5 aromatic rings. The Morgan fingerprint density at radius 3 is 1.86 bits per heavy atom. The number of aromatic nitrogens is 1. The molecule has 0 saturated heterocycles. The number of nitrogens with zero attached hydrogens (tertiary/aromatic N) is 1. The summed E-state index contributed by atoms with van der Waals surface area (Å²) in [5.41, 5.74) is 3.18. The molecule has 2 heteroatoms. The summed E-state index contributed by atoms with van der Waals surface area (Å²) >= 11 is 0. The van der Waals surface area contributed by atoms with Gasteiger partial charge in [-0.25, -0.2) is 0 Å². The number of hydrogen-bond acceptors (Lipinski definition) is 2. The normalized spacial score (nSPS) is 11.0. The van der Waals surface area contributed by atoms with Crippen LogP contribution in [-0.4, -0.2) is 10.8 Å². The molecule has 1 aromatic heterocycles. The fourth-order valence-corrected chi connectivity index (χ4v) is 3.54. The highest BCUT2D eigenvalue weighted by atomic mass is 16.1. The molecule has 0 unspecified atom stereocenters. The third-order valence-corrected chi connectivity index (χ3v) is 5.08. The Morgan fingerprint density at radius 2 is 1.18 bits per heavy atom. The molecule has 0 radical (unpaired) electrons. The summed E-state index contributed by atoms with van der Waals surface area (Å²) in [7, 11) is 0. The Balaban J connectivity index is 1.46. The zero-order valence-corrected chi connectivity index (χ0v) is 15.2. The minimum atomic E-state index is -0.0108. The van der Waals surface area contributed by atoms with E-state index in [1.807, 2.05) is 66.7 Å². The van der Waals surface area contributed by atoms with Crippen LogP contribution >= 0.6 is 0 Å². The molecule has 0 fully saturated rings. The van der Waals surface area contributed by atoms with Gasteiger partial charge in [-0.15, -0.1) is 0 Å². The van der Waals surface area contributed by atoms with Gasteiger partial charge in [0.2, 0.25) is 0 Å². The van der Waals surface area contributed by atoms with Crippen LogP contribution in [0, 0.1) is 0 Å². The van der Waals surface area contributed by atoms with E-state index in [2.05, 4.69) is 35.3 Å². The molecule has 0 amide bonds. The minimum absolute atomic E-state index is 0.0108. The smallest absolute Gasteiger partial charge is 0.194 e. The highest BCUT2D eigenvalue weighted by Crippen LogP contribution is 2.24. The van der Waals surface area contributed by atoms with Crippen LogP contribution in [0.5, 0.6) is 0 Å². The minimum Gasteiger partial charge on any atom is -0.289 e. The van der Waals surface area contributed by atoms with Crippen molar-refractivity contribution < 1.29 is 4.79 Å². The number of carbonyl (C=O) groups excluding carboxylic acids is 1. The lowest BCUT2D eigenvalue weighted by molar-refractivity contribution is 0.103. The van der Waals surface area contributed by atoms with E-state index in [1.165, 1.54) is 10.8 Å². The van der Waals surface area contributed by atoms with Gasteiger partial charge in [-0.3, -0.25) is 9.78 Å². The van der Waals surface area contributed by atoms with Gasteiger partial charge < -0.3 is 0 Å². The van der Waals surface area contributed by atoms with Gasteiger partial charge in [-0.1, -0.05) is 72.8 Å². The number of fused-ring (bicyclic) bond motifs is 2. The summed E-state index contributed by atoms with van der Waals surface area (Å²) in [5, 5.41) is 4.57. The van der Waals surface area contributed by atoms with E-state index in [-0.39, 0.29) is 5.78 Å². The Morgan fingerprint density at radius 1 is 0.571 bits per heavy atom. The third-order valence-electron chi connectivity index (χ3n) is 5.08. The van der Waals surface area contributed by atoms with Gasteiger partial charge in [0.05, 0.1) is 5.69 Å². The van der Waals surface area contributed by atoms with E-state index in [0.717, 1.165) is 22.0 Å². The monoisotopic (exact) mass is 359 g/mol. The lowest BCUT2D eigenvalue weighted by Gasteiger charge is -2.06. The van der Waals surface area contributed by atoms with Crippen LogP contribution in [-0.2, 0) is 0 Å². The molecule has 0 aliphatic rings. The highest BCUT2D eigenvalue weighted by Gasteiger charge is 2.11. The van der Waals surface area contributed by atoms with Gasteiger partial charge in [-0.2, -0.15) is 0 Å². The summed E-state index contributed by atoms with van der Waals surface area (Å²) in [6, 6.07) is 32.2. The van der Waals surface area contributed by atoms with Crippen LogP contribution in [0.1, 0.15) is 15.9 Å². The molecule has 0 aliphatic heterocycles. The Bertz CT molecular complexity index is 1320. The molecule has 28 heavy (non-hydrogen) atoms. The van der Waals surface area contributed by atoms with E-state index in [1.54, 1.807) is 6.20 Å². The Kier molecular flexibility index (Phi) is 3.95. The van der Waals surface area contributed by atoms with Crippen LogP contribution in [0.3, 0.4) is 0 Å². The van der Waals surface area contributed by atoms with Crippen molar-refractivity contribution in [2.45, 2.75) is 0 Å². The standard InChI is InChI=1S/C26H17NO/c28-26(23-12-10-19-6-2-4-8-21(19)16-23)24-13-14-25(27-17-24)22-11-9-18-5-1-3-7-20(18)15-22/h1-17H. The van der Waals surface area contributed by atoms with Crippen LogP contribution in [0.4, 0.5) is 0 Å². The number of rotatable bonds is 3. The van der Waals surface area contributed by atoms with Crippen molar-refractivity contribution in [2.75, 3.05) is 0 Å². The van der Waals surface area contributed by atoms with Gasteiger partial charge >= 0.3 is 0 Å². The average molecular weight is 359 g/mol. The maximum atomic E-state index is 12.9. The summed E-state index contributed by atoms with van der Waals surface area (Å²) in [6.07, 6.45) is 1.67. The van der Waals surface area contributed by atoms with Gasteiger partial charge in [0.1, 0.15) is 0 Å². The fourth-order valence-electron chi connectivity index (χ4n) is 3.54. The number of pyridine rings is 1. The topological polar surface area (TPSA) is 30.0 Å². The zero-order chi connectivity index (χ0) is 18.9. The quantitative estimate of drug-likeness (QED) is 0.355. The first-order chi connectivity index (χ1) is 13.8. The van der Waals surface area contributed by atoms with Crippen molar-refractivity contribution in [2.24, 2.45) is 0 Å². The molecule has 132 valence electrons. The molecule has 0 spiro atoms. The van der Waals surface area contributed by atoms with E-state index in [0.29, 0.717) is 11.1 Å². The molecule has 0 atom stereocenters. The summed E-state index contributed by atoms with van der Waals surface area (Å²) in [4.78, 5) is 17.4. The molecular formula is C26H17NO. The first-order valence-electron chi connectivity index (χ1n) is 9.27. The van der Waals surface area contributed by atoms with Crippen molar-refractivity contribution in [1.82, 2.24) is 4.98 Å². The fraction of sp³-hybridized carbons (Fsp3) is 0. The molecule has 0 N–H and O–H groups in total. The van der Waals surface area contributed by atoms with Crippen molar-refractivity contribution in [3.05, 3.63) is 114 Å². The van der Waals surface area contributed by atoms with Gasteiger partial charge in [0.15, 0.2) is 5.78 Å². The highest BCUT2D eigenvalue weighted by molar-refractivity contribution is 6.10. The molecule has 2 nitrogen and oxygen atoms in total. The second-order valence-corrected chi connectivity index (χ2v) is 6.89. The first kappa shape index (κ1) is 16.4. The first-order valence-corrected chi connectivity index (χ1v) is 9.27. The zero-order valence-electron chi connectivity index (χ0n) is 15.2. The second kappa shape index (κ2) is 6.75. The number of carbonyl (C=O) groups is 1. The van der Waals surface area contributed by atoms with Crippen LogP contribution in [0.2, 0.25) is 0 Å². The summed E-state index contributed by atoms with van der Waals surface area (Å²) < 4.78 is 0. The maximum absolute atomic E-state index is 12.9. The molecule has 0 aliphatic carbocycles. The maximum Gasteiger partial charge on any atom is 0.194 e. The molecule has 1 heterocycles. The lowest BCUT2D eigenvalue weighted by atomic mass is 10.00. The van der Waals surface area contributed by atoms with Gasteiger partial charge in [0.25, 0.3) is 0 Å². The van der Waals surface area contributed by atoms with Crippen LogP contribution < -0.4 is 0 Å². The number of benzene rings is 4. The van der Waals surface area contributed by atoms with E-state index in [9.17, 15) is 4.79 Å². The van der Waals surface area contributed by atoms with Crippen molar-refractivity contribution in [3.8, 4) is 11.3 Å². The largest absolute Gasteiger partial charge is 0.289 e. The van der Waals surface area contributed by atoms with Gasteiger partial charge in [-0.05, 0) is 45.8 Å². The van der Waals surface area contributed by atoms with Crippen molar-refractivity contribution in [1.29, 1.82) is 0 Å². The average Bonchev–Trinajstić information content (AvgIpc) is 2.78. The second-order valence-electron chi connectivity index (χ2n) is 6.89. The number of hydrogen-bond donors (Lipinski definition) is 0. The number of ketones is 1. The lowest BCUT2D eigenvalue weighted by Crippen LogP contribution is -2.02. The van der Waals surface area contributed by atoms with E-state index >= 15 is 0 Å². The van der Waals surface area contributed by atoms with Gasteiger partial charge in [0, 0.05) is 22.9 Å².